The Hall–Kier alpha value is -2.55. The van der Waals surface area contributed by atoms with Crippen molar-refractivity contribution in [3.05, 3.63) is 51.6 Å². The predicted molar refractivity (Wildman–Crippen MR) is 109 cm³/mol. The minimum atomic E-state index is -0.284. The van der Waals surface area contributed by atoms with E-state index >= 15 is 0 Å². The summed E-state index contributed by atoms with van der Waals surface area (Å²) in [5.74, 6) is -0.465. The average molecular weight is 402 g/mol. The van der Waals surface area contributed by atoms with Crippen molar-refractivity contribution < 1.29 is 19.2 Å². The van der Waals surface area contributed by atoms with Gasteiger partial charge in [0.1, 0.15) is 12.2 Å². The maximum Gasteiger partial charge on any atom is 0.271 e. The first-order valence-electron chi connectivity index (χ1n) is 9.20. The Balaban J connectivity index is 1.62. The van der Waals surface area contributed by atoms with Gasteiger partial charge in [-0.1, -0.05) is 18.2 Å². The van der Waals surface area contributed by atoms with E-state index in [1.807, 2.05) is 24.3 Å². The van der Waals surface area contributed by atoms with E-state index in [-0.39, 0.29) is 11.7 Å². The third-order valence-corrected chi connectivity index (χ3v) is 5.29. The van der Waals surface area contributed by atoms with Crippen molar-refractivity contribution in [2.75, 3.05) is 40.4 Å². The number of carbonyl (C=O) groups excluding carboxylic acids is 2. The summed E-state index contributed by atoms with van der Waals surface area (Å²) in [5.41, 5.74) is 1.76. The molecule has 148 valence electrons. The van der Waals surface area contributed by atoms with E-state index in [4.69, 9.17) is 4.74 Å². The lowest BCUT2D eigenvalue weighted by Gasteiger charge is -2.08. The highest BCUT2D eigenvalue weighted by molar-refractivity contribution is 7.14. The van der Waals surface area contributed by atoms with Crippen LogP contribution in [0, 0.1) is 6.92 Å². The van der Waals surface area contributed by atoms with Crippen molar-refractivity contribution in [3.8, 4) is 0 Å². The van der Waals surface area contributed by atoms with Crippen LogP contribution in [0.2, 0.25) is 0 Å². The van der Waals surface area contributed by atoms with Gasteiger partial charge in [0.05, 0.1) is 32.9 Å². The lowest BCUT2D eigenvalue weighted by Crippen LogP contribution is -3.06. The van der Waals surface area contributed by atoms with E-state index < -0.39 is 0 Å². The van der Waals surface area contributed by atoms with Crippen LogP contribution < -0.4 is 10.2 Å². The van der Waals surface area contributed by atoms with Crippen LogP contribution in [0.5, 0.6) is 0 Å². The number of hydrogen-bond donors (Lipinski definition) is 3. The number of carbonyl (C=O) groups is 2. The van der Waals surface area contributed by atoms with Crippen LogP contribution in [0.4, 0.5) is 0 Å². The maximum absolute atomic E-state index is 12.9. The first-order valence-corrected chi connectivity index (χ1v) is 10.0. The Kier molecular flexibility index (Phi) is 6.56. The van der Waals surface area contributed by atoms with Crippen molar-refractivity contribution in [1.29, 1.82) is 0 Å². The molecule has 0 saturated heterocycles. The molecule has 0 fully saturated rings. The number of amides is 1. The fourth-order valence-corrected chi connectivity index (χ4v) is 3.64. The highest BCUT2D eigenvalue weighted by atomic mass is 32.1. The second kappa shape index (κ2) is 9.09. The van der Waals surface area contributed by atoms with Crippen LogP contribution >= 0.6 is 11.3 Å². The molecular formula is C20H25N4O3S+. The summed E-state index contributed by atoms with van der Waals surface area (Å²) < 4.78 is 5.48. The van der Waals surface area contributed by atoms with Crippen molar-refractivity contribution in [3.63, 3.8) is 0 Å². The number of H-pyrrole nitrogens is 1. The summed E-state index contributed by atoms with van der Waals surface area (Å²) in [6, 6.07) is 7.61. The second-order valence-corrected chi connectivity index (χ2v) is 8.03. The van der Waals surface area contributed by atoms with Crippen molar-refractivity contribution in [2.45, 2.75) is 6.92 Å². The van der Waals surface area contributed by atoms with Gasteiger partial charge in [0, 0.05) is 28.5 Å². The van der Waals surface area contributed by atoms with Gasteiger partial charge in [-0.15, -0.1) is 11.3 Å². The van der Waals surface area contributed by atoms with Crippen molar-refractivity contribution in [1.82, 2.24) is 15.3 Å². The average Bonchev–Trinajstić information content (AvgIpc) is 3.27. The number of nitrogens with one attached hydrogen (secondary N) is 3. The molecule has 0 unspecified atom stereocenters. The van der Waals surface area contributed by atoms with Crippen LogP contribution in [0.1, 0.15) is 30.7 Å². The number of para-hydroxylation sites is 1. The fraction of sp³-hybridized carbons (Fsp3) is 0.350. The van der Waals surface area contributed by atoms with Gasteiger partial charge in [0.2, 0.25) is 5.78 Å². The summed E-state index contributed by atoms with van der Waals surface area (Å²) in [6.07, 6.45) is 1.69. The smallest absolute Gasteiger partial charge is 0.271 e. The summed E-state index contributed by atoms with van der Waals surface area (Å²) in [5, 5.41) is 3.97. The highest BCUT2D eigenvalue weighted by Crippen LogP contribution is 2.24. The minimum Gasteiger partial charge on any atom is -0.374 e. The molecule has 0 radical (unpaired) electrons. The zero-order valence-corrected chi connectivity index (χ0v) is 17.1. The molecule has 0 aliphatic heterocycles. The summed E-state index contributed by atoms with van der Waals surface area (Å²) in [7, 11) is 4.12. The van der Waals surface area contributed by atoms with Gasteiger partial charge >= 0.3 is 0 Å². The molecule has 0 aliphatic carbocycles. The molecule has 0 saturated carbocycles. The third-order valence-electron chi connectivity index (χ3n) is 4.32. The van der Waals surface area contributed by atoms with Crippen molar-refractivity contribution in [2.24, 2.45) is 0 Å². The number of nitrogens with zero attached hydrogens (tertiary/aromatic N) is 1. The molecule has 3 rings (SSSR count). The molecule has 2 aromatic heterocycles. The van der Waals surface area contributed by atoms with E-state index in [1.54, 1.807) is 13.1 Å². The van der Waals surface area contributed by atoms with Gasteiger partial charge in [-0.05, 0) is 13.0 Å². The largest absolute Gasteiger partial charge is 0.374 e. The van der Waals surface area contributed by atoms with Crippen LogP contribution in [0.3, 0.4) is 0 Å². The SMILES string of the molecule is Cc1sc(C(=O)c2c[nH]c3ccccc23)nc1C(=O)NCCOCC[NH+](C)C. The molecule has 0 bridgehead atoms. The topological polar surface area (TPSA) is 88.5 Å². The number of fused-ring (bicyclic) bond motifs is 1. The highest BCUT2D eigenvalue weighted by Gasteiger charge is 2.22. The number of ether oxygens (including phenoxy) is 1. The molecule has 28 heavy (non-hydrogen) atoms. The number of rotatable bonds is 9. The van der Waals surface area contributed by atoms with Crippen LogP contribution in [-0.4, -0.2) is 62.1 Å². The Labute approximate surface area is 167 Å². The van der Waals surface area contributed by atoms with E-state index in [0.29, 0.717) is 36.0 Å². The molecular weight excluding hydrogens is 376 g/mol. The number of aromatic nitrogens is 2. The third kappa shape index (κ3) is 4.64. The molecule has 0 aliphatic rings. The van der Waals surface area contributed by atoms with E-state index in [1.165, 1.54) is 16.2 Å². The standard InChI is InChI=1S/C20H24N4O3S/c1-13-17(19(26)21-8-10-27-11-9-24(2)3)23-20(28-13)18(25)15-12-22-16-7-5-4-6-14(15)16/h4-7,12,22H,8-11H2,1-3H3,(H,21,26)/p+1. The molecule has 1 amide bonds. The van der Waals surface area contributed by atoms with Crippen molar-refractivity contribution >= 4 is 33.9 Å². The van der Waals surface area contributed by atoms with Gasteiger partial charge in [0.25, 0.3) is 5.91 Å². The zero-order valence-electron chi connectivity index (χ0n) is 16.3. The van der Waals surface area contributed by atoms with Gasteiger partial charge in [-0.2, -0.15) is 0 Å². The first kappa shape index (κ1) is 20.2. The Morgan fingerprint density at radius 3 is 2.82 bits per heavy atom. The minimum absolute atomic E-state index is 0.181. The van der Waals surface area contributed by atoms with Gasteiger partial charge in [-0.25, -0.2) is 4.98 Å². The summed E-state index contributed by atoms with van der Waals surface area (Å²) >= 11 is 1.24. The maximum atomic E-state index is 12.9. The molecule has 8 heteroatoms. The number of aromatic amines is 1. The Morgan fingerprint density at radius 1 is 1.25 bits per heavy atom. The molecule has 1 aromatic carbocycles. The number of likely N-dealkylation sites (N-methyl/N-ethyl adjacent to an activating group) is 1. The molecule has 7 nitrogen and oxygen atoms in total. The quantitative estimate of drug-likeness (QED) is 0.369. The van der Waals surface area contributed by atoms with E-state index in [0.717, 1.165) is 22.3 Å². The number of quaternary nitrogens is 1. The van der Waals surface area contributed by atoms with Gasteiger partial charge in [0.15, 0.2) is 5.01 Å². The molecule has 3 N–H and O–H groups in total. The number of hydrogen-bond acceptors (Lipinski definition) is 5. The monoisotopic (exact) mass is 401 g/mol. The molecule has 0 atom stereocenters. The summed E-state index contributed by atoms with van der Waals surface area (Å²) in [6.45, 7) is 4.22. The van der Waals surface area contributed by atoms with Crippen LogP contribution in [-0.2, 0) is 4.74 Å². The van der Waals surface area contributed by atoms with E-state index in [9.17, 15) is 9.59 Å². The molecule has 0 spiro atoms. The second-order valence-electron chi connectivity index (χ2n) is 6.83. The van der Waals surface area contributed by atoms with Crippen LogP contribution in [0.15, 0.2) is 30.5 Å². The normalized spacial score (nSPS) is 11.3. The lowest BCUT2D eigenvalue weighted by molar-refractivity contribution is -0.858. The fourth-order valence-electron chi connectivity index (χ4n) is 2.78. The number of thiazole rings is 1. The molecule has 3 aromatic rings. The van der Waals surface area contributed by atoms with Gasteiger partial charge < -0.3 is 19.9 Å². The summed E-state index contributed by atoms with van der Waals surface area (Å²) in [4.78, 5) is 34.7. The lowest BCUT2D eigenvalue weighted by atomic mass is 10.1. The zero-order chi connectivity index (χ0) is 20.1. The number of ketones is 1. The Bertz CT molecular complexity index is 977. The predicted octanol–water partition coefficient (Wildman–Crippen LogP) is 1.05. The Morgan fingerprint density at radius 2 is 2.04 bits per heavy atom. The van der Waals surface area contributed by atoms with E-state index in [2.05, 4.69) is 29.4 Å². The first-order chi connectivity index (χ1) is 13.5. The van der Waals surface area contributed by atoms with Crippen LogP contribution in [0.25, 0.3) is 10.9 Å². The van der Waals surface area contributed by atoms with Gasteiger partial charge in [-0.3, -0.25) is 9.59 Å². The molecule has 2 heterocycles. The number of aryl methyl sites for hydroxylation is 1. The number of benzene rings is 1.